The van der Waals surface area contributed by atoms with Crippen molar-refractivity contribution in [3.8, 4) is 0 Å². The second-order valence-electron chi connectivity index (χ2n) is 6.73. The van der Waals surface area contributed by atoms with Crippen LogP contribution in [0.25, 0.3) is 0 Å². The van der Waals surface area contributed by atoms with Crippen LogP contribution in [0.15, 0.2) is 0 Å². The first kappa shape index (κ1) is 16.2. The summed E-state index contributed by atoms with van der Waals surface area (Å²) in [7, 11) is 1.70. The lowest BCUT2D eigenvalue weighted by Crippen LogP contribution is -2.52. The number of hydrogen-bond acceptors (Lipinski definition) is 4. The van der Waals surface area contributed by atoms with Crippen LogP contribution in [0.3, 0.4) is 0 Å². The first-order valence-corrected chi connectivity index (χ1v) is 7.64. The molecule has 0 saturated carbocycles. The number of ether oxygens (including phenoxy) is 1. The van der Waals surface area contributed by atoms with Crippen LogP contribution in [0.5, 0.6) is 0 Å². The van der Waals surface area contributed by atoms with Crippen LogP contribution in [-0.4, -0.2) is 61.3 Å². The van der Waals surface area contributed by atoms with Crippen molar-refractivity contribution in [1.29, 1.82) is 0 Å². The Morgan fingerprint density at radius 3 is 2.62 bits per heavy atom. The Morgan fingerprint density at radius 2 is 2.05 bits per heavy atom. The standard InChI is InChI=1S/C15H26N2O4/c1-15(2,10-5-4-6-16-7-10)14(20)17(3)12-9-21-8-11(12)13(18)19/h10-12,16H,4-9H2,1-3H3,(H,18,19). The molecule has 3 atom stereocenters. The monoisotopic (exact) mass is 298 g/mol. The van der Waals surface area contributed by atoms with Crippen molar-refractivity contribution in [2.75, 3.05) is 33.4 Å². The number of likely N-dealkylation sites (N-methyl/N-ethyl adjacent to an activating group) is 1. The number of carboxylic acid groups (broad SMARTS) is 1. The maximum Gasteiger partial charge on any atom is 0.311 e. The number of nitrogens with one attached hydrogen (secondary N) is 1. The van der Waals surface area contributed by atoms with Crippen LogP contribution < -0.4 is 5.32 Å². The highest BCUT2D eigenvalue weighted by molar-refractivity contribution is 5.83. The molecule has 2 rings (SSSR count). The molecule has 0 aliphatic carbocycles. The lowest BCUT2D eigenvalue weighted by molar-refractivity contribution is -0.149. The van der Waals surface area contributed by atoms with Crippen molar-refractivity contribution in [3.05, 3.63) is 0 Å². The molecule has 0 aromatic heterocycles. The van der Waals surface area contributed by atoms with E-state index in [0.29, 0.717) is 6.61 Å². The van der Waals surface area contributed by atoms with Gasteiger partial charge < -0.3 is 20.1 Å². The van der Waals surface area contributed by atoms with E-state index in [-0.39, 0.29) is 24.5 Å². The van der Waals surface area contributed by atoms with Crippen molar-refractivity contribution >= 4 is 11.9 Å². The molecular weight excluding hydrogens is 272 g/mol. The van der Waals surface area contributed by atoms with Gasteiger partial charge in [-0.25, -0.2) is 0 Å². The van der Waals surface area contributed by atoms with Crippen molar-refractivity contribution in [1.82, 2.24) is 10.2 Å². The molecule has 2 aliphatic heterocycles. The molecule has 0 aromatic carbocycles. The fourth-order valence-electron chi connectivity index (χ4n) is 3.41. The fraction of sp³-hybridized carbons (Fsp3) is 0.867. The van der Waals surface area contributed by atoms with Gasteiger partial charge >= 0.3 is 5.97 Å². The molecule has 2 heterocycles. The average molecular weight is 298 g/mol. The quantitative estimate of drug-likeness (QED) is 0.793. The van der Waals surface area contributed by atoms with E-state index in [9.17, 15) is 14.7 Å². The zero-order valence-corrected chi connectivity index (χ0v) is 13.1. The summed E-state index contributed by atoms with van der Waals surface area (Å²) >= 11 is 0. The SMILES string of the molecule is CN(C(=O)C(C)(C)C1CCCNC1)C1COCC1C(=O)O. The van der Waals surface area contributed by atoms with E-state index in [1.165, 1.54) is 0 Å². The van der Waals surface area contributed by atoms with Crippen LogP contribution in [0.1, 0.15) is 26.7 Å². The molecule has 2 N–H and O–H groups in total. The van der Waals surface area contributed by atoms with E-state index >= 15 is 0 Å². The topological polar surface area (TPSA) is 78.9 Å². The molecule has 0 radical (unpaired) electrons. The average Bonchev–Trinajstić information content (AvgIpc) is 2.96. The van der Waals surface area contributed by atoms with Crippen molar-refractivity contribution in [2.45, 2.75) is 32.7 Å². The first-order chi connectivity index (χ1) is 9.85. The number of piperidine rings is 1. The number of amides is 1. The highest BCUT2D eigenvalue weighted by Gasteiger charge is 2.44. The third-order valence-electron chi connectivity index (χ3n) is 5.05. The zero-order valence-electron chi connectivity index (χ0n) is 13.1. The third-order valence-corrected chi connectivity index (χ3v) is 5.05. The summed E-state index contributed by atoms with van der Waals surface area (Å²) in [5.74, 6) is -1.22. The van der Waals surface area contributed by atoms with Crippen molar-refractivity contribution in [3.63, 3.8) is 0 Å². The van der Waals surface area contributed by atoms with Crippen LogP contribution in [0, 0.1) is 17.3 Å². The third kappa shape index (κ3) is 3.21. The lowest BCUT2D eigenvalue weighted by atomic mass is 9.73. The summed E-state index contributed by atoms with van der Waals surface area (Å²) in [5.41, 5.74) is -0.492. The van der Waals surface area contributed by atoms with Crippen LogP contribution in [0.4, 0.5) is 0 Å². The molecule has 2 saturated heterocycles. The molecule has 6 nitrogen and oxygen atoms in total. The van der Waals surface area contributed by atoms with E-state index in [1.807, 2.05) is 13.8 Å². The summed E-state index contributed by atoms with van der Waals surface area (Å²) in [4.78, 5) is 25.7. The Kier molecular flexibility index (Phi) is 4.88. The molecule has 0 spiro atoms. The minimum absolute atomic E-state index is 0.0120. The van der Waals surface area contributed by atoms with Gasteiger partial charge in [-0.1, -0.05) is 13.8 Å². The van der Waals surface area contributed by atoms with Gasteiger partial charge in [-0.15, -0.1) is 0 Å². The minimum Gasteiger partial charge on any atom is -0.481 e. The summed E-state index contributed by atoms with van der Waals surface area (Å²) in [6.07, 6.45) is 2.11. The summed E-state index contributed by atoms with van der Waals surface area (Å²) in [5, 5.41) is 12.6. The number of aliphatic carboxylic acids is 1. The minimum atomic E-state index is -0.894. The predicted molar refractivity (Wildman–Crippen MR) is 77.9 cm³/mol. The van der Waals surface area contributed by atoms with Gasteiger partial charge in [0, 0.05) is 12.5 Å². The molecule has 2 fully saturated rings. The molecule has 6 heteroatoms. The first-order valence-electron chi connectivity index (χ1n) is 7.64. The second-order valence-corrected chi connectivity index (χ2v) is 6.73. The van der Waals surface area contributed by atoms with Gasteiger partial charge in [-0.2, -0.15) is 0 Å². The lowest BCUT2D eigenvalue weighted by Gasteiger charge is -2.40. The Bertz CT molecular complexity index is 404. The van der Waals surface area contributed by atoms with E-state index in [4.69, 9.17) is 4.74 Å². The van der Waals surface area contributed by atoms with Crippen LogP contribution >= 0.6 is 0 Å². The number of hydrogen-bond donors (Lipinski definition) is 2. The maximum atomic E-state index is 12.9. The van der Waals surface area contributed by atoms with Gasteiger partial charge in [0.25, 0.3) is 0 Å². The van der Waals surface area contributed by atoms with E-state index < -0.39 is 17.3 Å². The van der Waals surface area contributed by atoms with Gasteiger partial charge in [0.05, 0.1) is 19.3 Å². The van der Waals surface area contributed by atoms with E-state index in [1.54, 1.807) is 11.9 Å². The predicted octanol–water partition coefficient (Wildman–Crippen LogP) is 0.570. The number of carboxylic acids is 1. The maximum absolute atomic E-state index is 12.9. The van der Waals surface area contributed by atoms with Crippen LogP contribution in [-0.2, 0) is 14.3 Å². The largest absolute Gasteiger partial charge is 0.481 e. The van der Waals surface area contributed by atoms with Gasteiger partial charge in [0.1, 0.15) is 5.92 Å². The fourth-order valence-corrected chi connectivity index (χ4v) is 3.41. The second kappa shape index (κ2) is 6.32. The Morgan fingerprint density at radius 1 is 1.33 bits per heavy atom. The normalized spacial score (nSPS) is 30.1. The summed E-state index contributed by atoms with van der Waals surface area (Å²) in [6.45, 7) is 6.27. The van der Waals surface area contributed by atoms with Gasteiger partial charge in [0.2, 0.25) is 5.91 Å². The van der Waals surface area contributed by atoms with Gasteiger partial charge in [-0.3, -0.25) is 9.59 Å². The molecule has 3 unspecified atom stereocenters. The highest BCUT2D eigenvalue weighted by atomic mass is 16.5. The highest BCUT2D eigenvalue weighted by Crippen LogP contribution is 2.35. The van der Waals surface area contributed by atoms with Gasteiger partial charge in [-0.05, 0) is 31.8 Å². The number of carbonyl (C=O) groups is 2. The summed E-state index contributed by atoms with van der Waals surface area (Å²) < 4.78 is 5.27. The number of carbonyl (C=O) groups excluding carboxylic acids is 1. The molecule has 0 bridgehead atoms. The van der Waals surface area contributed by atoms with Crippen molar-refractivity contribution < 1.29 is 19.4 Å². The molecule has 21 heavy (non-hydrogen) atoms. The Hall–Kier alpha value is -1.14. The van der Waals surface area contributed by atoms with Crippen molar-refractivity contribution in [2.24, 2.45) is 17.3 Å². The Labute approximate surface area is 125 Å². The molecular formula is C15H26N2O4. The van der Waals surface area contributed by atoms with Gasteiger partial charge in [0.15, 0.2) is 0 Å². The smallest absolute Gasteiger partial charge is 0.311 e. The zero-order chi connectivity index (χ0) is 15.6. The van der Waals surface area contributed by atoms with E-state index in [0.717, 1.165) is 25.9 Å². The Balaban J connectivity index is 2.08. The molecule has 0 aromatic rings. The summed E-state index contributed by atoms with van der Waals surface area (Å²) in [6, 6.07) is -0.370. The number of nitrogens with zero attached hydrogens (tertiary/aromatic N) is 1. The number of rotatable bonds is 4. The molecule has 1 amide bonds. The van der Waals surface area contributed by atoms with Crippen LogP contribution in [0.2, 0.25) is 0 Å². The molecule has 2 aliphatic rings. The molecule has 120 valence electrons. The van der Waals surface area contributed by atoms with E-state index in [2.05, 4.69) is 5.32 Å².